The molecule has 0 unspecified atom stereocenters. The van der Waals surface area contributed by atoms with Crippen molar-refractivity contribution in [2.24, 2.45) is 5.41 Å². The van der Waals surface area contributed by atoms with Gasteiger partial charge in [0, 0.05) is 31.6 Å². The summed E-state index contributed by atoms with van der Waals surface area (Å²) in [6.45, 7) is 7.86. The minimum Gasteiger partial charge on any atom is -0.375 e. The van der Waals surface area contributed by atoms with Crippen LogP contribution in [-0.2, 0) is 0 Å². The number of hydrogen-bond donors (Lipinski definition) is 0. The van der Waals surface area contributed by atoms with Gasteiger partial charge in [-0.1, -0.05) is 6.58 Å². The molecule has 86 valence electrons. The molecule has 1 nitrogen and oxygen atoms in total. The van der Waals surface area contributed by atoms with Gasteiger partial charge in [-0.05, 0) is 31.6 Å². The Bertz CT molecular complexity index is 263. The van der Waals surface area contributed by atoms with E-state index in [0.717, 1.165) is 25.2 Å². The molecule has 0 radical (unpaired) electrons. The average Bonchev–Trinajstić information content (AvgIpc) is 2.56. The van der Waals surface area contributed by atoms with Gasteiger partial charge in [0.2, 0.25) is 5.92 Å². The fourth-order valence-electron chi connectivity index (χ4n) is 2.82. The van der Waals surface area contributed by atoms with Gasteiger partial charge in [-0.2, -0.15) is 0 Å². The highest BCUT2D eigenvalue weighted by atomic mass is 19.3. The van der Waals surface area contributed by atoms with Crippen LogP contribution in [0.15, 0.2) is 12.3 Å². The molecule has 1 saturated heterocycles. The second-order valence-electron chi connectivity index (χ2n) is 5.26. The van der Waals surface area contributed by atoms with E-state index in [4.69, 9.17) is 0 Å². The van der Waals surface area contributed by atoms with Crippen molar-refractivity contribution in [3.8, 4) is 0 Å². The summed E-state index contributed by atoms with van der Waals surface area (Å²) in [5.41, 5.74) is 1.24. The summed E-state index contributed by atoms with van der Waals surface area (Å²) < 4.78 is 26.1. The molecule has 2 aliphatic rings. The van der Waals surface area contributed by atoms with Gasteiger partial charge in [-0.3, -0.25) is 0 Å². The summed E-state index contributed by atoms with van der Waals surface area (Å²) in [6, 6.07) is 0. The van der Waals surface area contributed by atoms with Crippen LogP contribution in [0.4, 0.5) is 8.78 Å². The largest absolute Gasteiger partial charge is 0.375 e. The highest BCUT2D eigenvalue weighted by Crippen LogP contribution is 2.48. The third-order valence-corrected chi connectivity index (χ3v) is 4.02. The van der Waals surface area contributed by atoms with Crippen molar-refractivity contribution in [2.45, 2.75) is 45.0 Å². The Labute approximate surface area is 90.1 Å². The van der Waals surface area contributed by atoms with Crippen molar-refractivity contribution in [1.82, 2.24) is 4.90 Å². The number of hydrogen-bond acceptors (Lipinski definition) is 1. The predicted molar refractivity (Wildman–Crippen MR) is 56.9 cm³/mol. The molecule has 0 N–H and O–H groups in total. The first-order valence-corrected chi connectivity index (χ1v) is 5.71. The maximum atomic E-state index is 13.1. The first kappa shape index (κ1) is 10.9. The van der Waals surface area contributed by atoms with Gasteiger partial charge < -0.3 is 4.90 Å². The van der Waals surface area contributed by atoms with E-state index in [2.05, 4.69) is 11.5 Å². The lowest BCUT2D eigenvalue weighted by atomic mass is 9.72. The van der Waals surface area contributed by atoms with Gasteiger partial charge in [-0.25, -0.2) is 8.78 Å². The summed E-state index contributed by atoms with van der Waals surface area (Å²) in [5.74, 6) is -2.40. The Morgan fingerprint density at radius 1 is 1.13 bits per heavy atom. The van der Waals surface area contributed by atoms with Crippen LogP contribution in [0.5, 0.6) is 0 Å². The monoisotopic (exact) mass is 215 g/mol. The fraction of sp³-hybridized carbons (Fsp3) is 0.833. The maximum absolute atomic E-state index is 13.1. The molecule has 1 aliphatic heterocycles. The van der Waals surface area contributed by atoms with Gasteiger partial charge in [-0.15, -0.1) is 0 Å². The van der Waals surface area contributed by atoms with Gasteiger partial charge in [0.1, 0.15) is 0 Å². The molecule has 0 aromatic rings. The molecule has 2 rings (SSSR count). The lowest BCUT2D eigenvalue weighted by molar-refractivity contribution is -0.0643. The maximum Gasteiger partial charge on any atom is 0.248 e. The SMILES string of the molecule is C=C(C)N1CCC2(CCC(F)(F)CC2)C1. The van der Waals surface area contributed by atoms with Crippen LogP contribution in [0.3, 0.4) is 0 Å². The highest BCUT2D eigenvalue weighted by Gasteiger charge is 2.46. The second-order valence-corrected chi connectivity index (χ2v) is 5.26. The molecule has 0 aromatic heterocycles. The number of alkyl halides is 2. The third kappa shape index (κ3) is 2.16. The van der Waals surface area contributed by atoms with Crippen LogP contribution < -0.4 is 0 Å². The Kier molecular flexibility index (Phi) is 2.52. The van der Waals surface area contributed by atoms with E-state index in [0.29, 0.717) is 12.8 Å². The average molecular weight is 215 g/mol. The molecule has 0 atom stereocenters. The minimum absolute atomic E-state index is 0.0804. The predicted octanol–water partition coefficient (Wildman–Crippen LogP) is 3.42. The van der Waals surface area contributed by atoms with Gasteiger partial charge >= 0.3 is 0 Å². The molecule has 2 fully saturated rings. The smallest absolute Gasteiger partial charge is 0.248 e. The van der Waals surface area contributed by atoms with Gasteiger partial charge in [0.25, 0.3) is 0 Å². The van der Waals surface area contributed by atoms with Gasteiger partial charge in [0.05, 0.1) is 0 Å². The molecule has 0 aromatic carbocycles. The van der Waals surface area contributed by atoms with Crippen molar-refractivity contribution in [3.05, 3.63) is 12.3 Å². The van der Waals surface area contributed by atoms with Crippen LogP contribution >= 0.6 is 0 Å². The van der Waals surface area contributed by atoms with Crippen molar-refractivity contribution in [1.29, 1.82) is 0 Å². The quantitative estimate of drug-likeness (QED) is 0.647. The Morgan fingerprint density at radius 2 is 1.73 bits per heavy atom. The standard InChI is InChI=1S/C12H19F2N/c1-10(2)15-8-7-11(9-15)3-5-12(13,14)6-4-11/h1,3-9H2,2H3. The van der Waals surface area contributed by atoms with Crippen molar-refractivity contribution < 1.29 is 8.78 Å². The number of halogens is 2. The molecule has 1 saturated carbocycles. The summed E-state index contributed by atoms with van der Waals surface area (Å²) in [7, 11) is 0. The number of likely N-dealkylation sites (tertiary alicyclic amines) is 1. The molecule has 0 amide bonds. The Balaban J connectivity index is 1.98. The zero-order chi connectivity index (χ0) is 11.1. The van der Waals surface area contributed by atoms with Crippen molar-refractivity contribution >= 4 is 0 Å². The van der Waals surface area contributed by atoms with Crippen molar-refractivity contribution in [3.63, 3.8) is 0 Å². The first-order chi connectivity index (χ1) is 6.93. The summed E-state index contributed by atoms with van der Waals surface area (Å²) >= 11 is 0. The van der Waals surface area contributed by atoms with Crippen LogP contribution in [-0.4, -0.2) is 23.9 Å². The molecule has 3 heteroatoms. The van der Waals surface area contributed by atoms with Crippen LogP contribution in [0, 0.1) is 5.41 Å². The molecule has 1 aliphatic carbocycles. The summed E-state index contributed by atoms with van der Waals surface area (Å²) in [4.78, 5) is 2.24. The van der Waals surface area contributed by atoms with Crippen LogP contribution in [0.2, 0.25) is 0 Å². The minimum atomic E-state index is -2.40. The van der Waals surface area contributed by atoms with E-state index in [1.807, 2.05) is 6.92 Å². The van der Waals surface area contributed by atoms with Crippen LogP contribution in [0.1, 0.15) is 39.0 Å². The molecule has 1 heterocycles. The highest BCUT2D eigenvalue weighted by molar-refractivity contribution is 5.01. The molecular weight excluding hydrogens is 196 g/mol. The summed E-state index contributed by atoms with van der Waals surface area (Å²) in [6.07, 6.45) is 2.59. The van der Waals surface area contributed by atoms with E-state index in [-0.39, 0.29) is 18.3 Å². The number of nitrogens with zero attached hydrogens (tertiary/aromatic N) is 1. The molecule has 0 bridgehead atoms. The fourth-order valence-corrected chi connectivity index (χ4v) is 2.82. The molecule has 15 heavy (non-hydrogen) atoms. The van der Waals surface area contributed by atoms with E-state index in [1.54, 1.807) is 0 Å². The lowest BCUT2D eigenvalue weighted by Gasteiger charge is -2.37. The third-order valence-electron chi connectivity index (χ3n) is 4.02. The van der Waals surface area contributed by atoms with Gasteiger partial charge in [0.15, 0.2) is 0 Å². The number of rotatable bonds is 1. The molecule has 1 spiro atoms. The number of allylic oxidation sites excluding steroid dienone is 1. The van der Waals surface area contributed by atoms with Crippen molar-refractivity contribution in [2.75, 3.05) is 13.1 Å². The second kappa shape index (κ2) is 3.46. The Hall–Kier alpha value is -0.600. The van der Waals surface area contributed by atoms with E-state index in [1.165, 1.54) is 0 Å². The van der Waals surface area contributed by atoms with Crippen LogP contribution in [0.25, 0.3) is 0 Å². The Morgan fingerprint density at radius 3 is 2.20 bits per heavy atom. The molecular formula is C12H19F2N. The lowest BCUT2D eigenvalue weighted by Crippen LogP contribution is -2.35. The van der Waals surface area contributed by atoms with E-state index >= 15 is 0 Å². The summed E-state index contributed by atoms with van der Waals surface area (Å²) in [5, 5.41) is 0. The normalized spacial score (nSPS) is 28.3. The zero-order valence-corrected chi connectivity index (χ0v) is 9.36. The van der Waals surface area contributed by atoms with E-state index in [9.17, 15) is 8.78 Å². The topological polar surface area (TPSA) is 3.24 Å². The van der Waals surface area contributed by atoms with E-state index < -0.39 is 5.92 Å². The first-order valence-electron chi connectivity index (χ1n) is 5.71. The zero-order valence-electron chi connectivity index (χ0n) is 9.36.